The van der Waals surface area contributed by atoms with Gasteiger partial charge >= 0.3 is 0 Å². The van der Waals surface area contributed by atoms with Crippen molar-refractivity contribution >= 4 is 29.0 Å². The number of carbonyl (C=O) groups excluding carboxylic acids is 1. The van der Waals surface area contributed by atoms with Gasteiger partial charge in [0, 0.05) is 11.4 Å². The summed E-state index contributed by atoms with van der Waals surface area (Å²) in [5.74, 6) is 0.0775. The number of thioether (sulfide) groups is 1. The van der Waals surface area contributed by atoms with Crippen LogP contribution in [0.2, 0.25) is 0 Å². The maximum atomic E-state index is 12.8. The second kappa shape index (κ2) is 7.27. The van der Waals surface area contributed by atoms with Crippen LogP contribution in [0.3, 0.4) is 0 Å². The molecular formula is C15H19N5OS2. The highest BCUT2D eigenvalue weighted by Gasteiger charge is 2.30. The maximum Gasteiger partial charge on any atom is 0.236 e. The second-order valence-electron chi connectivity index (χ2n) is 5.48. The minimum atomic E-state index is -0.238. The highest BCUT2D eigenvalue weighted by molar-refractivity contribution is 8.00. The Hall–Kier alpha value is -1.67. The number of tetrazole rings is 1. The first-order chi connectivity index (χ1) is 11.2. The summed E-state index contributed by atoms with van der Waals surface area (Å²) in [4.78, 5) is 15.8. The monoisotopic (exact) mass is 349 g/mol. The molecule has 0 saturated heterocycles. The van der Waals surface area contributed by atoms with Crippen LogP contribution in [0, 0.1) is 0 Å². The predicted molar refractivity (Wildman–Crippen MR) is 91.3 cm³/mol. The number of hydrogen-bond donors (Lipinski definition) is 0. The number of nitrogens with zero attached hydrogens (tertiary/aromatic N) is 5. The molecule has 0 spiro atoms. The molecule has 6 nitrogen and oxygen atoms in total. The SMILES string of the molecule is C=CCN(Cc1cccs1)C(=O)C(C)Sc1nnnn1C1CC1. The van der Waals surface area contributed by atoms with Crippen molar-refractivity contribution in [1.82, 2.24) is 25.1 Å². The lowest BCUT2D eigenvalue weighted by Gasteiger charge is -2.23. The molecule has 2 heterocycles. The molecule has 23 heavy (non-hydrogen) atoms. The van der Waals surface area contributed by atoms with E-state index < -0.39 is 0 Å². The molecule has 122 valence electrons. The second-order valence-corrected chi connectivity index (χ2v) is 7.82. The summed E-state index contributed by atoms with van der Waals surface area (Å²) in [6.07, 6.45) is 3.99. The van der Waals surface area contributed by atoms with E-state index in [0.717, 1.165) is 18.0 Å². The van der Waals surface area contributed by atoms with Gasteiger partial charge in [-0.3, -0.25) is 4.79 Å². The predicted octanol–water partition coefficient (Wildman–Crippen LogP) is 2.76. The van der Waals surface area contributed by atoms with E-state index in [-0.39, 0.29) is 11.2 Å². The van der Waals surface area contributed by atoms with Crippen molar-refractivity contribution in [3.63, 3.8) is 0 Å². The lowest BCUT2D eigenvalue weighted by atomic mass is 10.3. The number of thiophene rings is 1. The van der Waals surface area contributed by atoms with E-state index in [0.29, 0.717) is 19.1 Å². The van der Waals surface area contributed by atoms with E-state index in [1.54, 1.807) is 17.4 Å². The molecule has 0 N–H and O–H groups in total. The first-order valence-corrected chi connectivity index (χ1v) is 9.31. The normalized spacial score (nSPS) is 15.3. The summed E-state index contributed by atoms with van der Waals surface area (Å²) in [7, 11) is 0. The number of aromatic nitrogens is 4. The molecule has 8 heteroatoms. The van der Waals surface area contributed by atoms with E-state index in [4.69, 9.17) is 0 Å². The maximum absolute atomic E-state index is 12.8. The molecule has 2 aromatic heterocycles. The zero-order chi connectivity index (χ0) is 16.2. The Morgan fingerprint density at radius 1 is 1.65 bits per heavy atom. The fraction of sp³-hybridized carbons (Fsp3) is 0.467. The third kappa shape index (κ3) is 4.00. The Morgan fingerprint density at radius 3 is 3.13 bits per heavy atom. The van der Waals surface area contributed by atoms with Gasteiger partial charge in [0.05, 0.1) is 17.8 Å². The van der Waals surface area contributed by atoms with Crippen molar-refractivity contribution in [2.24, 2.45) is 0 Å². The van der Waals surface area contributed by atoms with Gasteiger partial charge in [0.2, 0.25) is 11.1 Å². The number of hydrogen-bond acceptors (Lipinski definition) is 6. The largest absolute Gasteiger partial charge is 0.333 e. The summed E-state index contributed by atoms with van der Waals surface area (Å²) < 4.78 is 1.84. The smallest absolute Gasteiger partial charge is 0.236 e. The molecule has 1 amide bonds. The molecule has 1 aliphatic rings. The van der Waals surface area contributed by atoms with E-state index in [2.05, 4.69) is 22.1 Å². The Bertz CT molecular complexity index is 665. The average Bonchev–Trinajstić information content (AvgIpc) is 3.06. The third-order valence-corrected chi connectivity index (χ3v) is 5.47. The topological polar surface area (TPSA) is 63.9 Å². The molecule has 0 aliphatic heterocycles. The summed E-state index contributed by atoms with van der Waals surface area (Å²) in [5.41, 5.74) is 0. The minimum Gasteiger partial charge on any atom is -0.333 e. The summed E-state index contributed by atoms with van der Waals surface area (Å²) in [6, 6.07) is 4.45. The van der Waals surface area contributed by atoms with E-state index >= 15 is 0 Å². The van der Waals surface area contributed by atoms with Crippen LogP contribution in [-0.4, -0.2) is 42.8 Å². The molecule has 0 bridgehead atoms. The van der Waals surface area contributed by atoms with Crippen LogP contribution in [0.4, 0.5) is 0 Å². The van der Waals surface area contributed by atoms with Crippen molar-refractivity contribution in [2.75, 3.05) is 6.54 Å². The molecule has 0 aromatic carbocycles. The van der Waals surface area contributed by atoms with Crippen molar-refractivity contribution in [3.8, 4) is 0 Å². The van der Waals surface area contributed by atoms with Gasteiger partial charge in [0.15, 0.2) is 0 Å². The van der Waals surface area contributed by atoms with Crippen molar-refractivity contribution < 1.29 is 4.79 Å². The first kappa shape index (κ1) is 16.2. The molecule has 1 unspecified atom stereocenters. The molecule has 3 rings (SSSR count). The highest BCUT2D eigenvalue weighted by atomic mass is 32.2. The lowest BCUT2D eigenvalue weighted by Crippen LogP contribution is -2.36. The average molecular weight is 349 g/mol. The van der Waals surface area contributed by atoms with Crippen LogP contribution in [0.15, 0.2) is 35.3 Å². The van der Waals surface area contributed by atoms with Gasteiger partial charge in [-0.05, 0) is 41.6 Å². The Kier molecular flexibility index (Phi) is 5.12. The van der Waals surface area contributed by atoms with Crippen LogP contribution in [0.5, 0.6) is 0 Å². The Balaban J connectivity index is 1.66. The van der Waals surface area contributed by atoms with Gasteiger partial charge in [0.1, 0.15) is 0 Å². The van der Waals surface area contributed by atoms with Crippen LogP contribution >= 0.6 is 23.1 Å². The van der Waals surface area contributed by atoms with Crippen molar-refractivity contribution in [3.05, 3.63) is 35.0 Å². The van der Waals surface area contributed by atoms with Crippen molar-refractivity contribution in [2.45, 2.75) is 42.8 Å². The molecule has 1 fully saturated rings. The van der Waals surface area contributed by atoms with Crippen LogP contribution in [0.25, 0.3) is 0 Å². The van der Waals surface area contributed by atoms with Gasteiger partial charge in [-0.1, -0.05) is 23.9 Å². The van der Waals surface area contributed by atoms with Crippen LogP contribution < -0.4 is 0 Å². The van der Waals surface area contributed by atoms with Crippen LogP contribution in [-0.2, 0) is 11.3 Å². The molecule has 1 atom stereocenters. The van der Waals surface area contributed by atoms with Gasteiger partial charge in [-0.15, -0.1) is 23.0 Å². The fourth-order valence-corrected chi connectivity index (χ4v) is 3.92. The van der Waals surface area contributed by atoms with Crippen molar-refractivity contribution in [1.29, 1.82) is 0 Å². The summed E-state index contributed by atoms with van der Waals surface area (Å²) in [6.45, 7) is 6.81. The molecule has 1 saturated carbocycles. The van der Waals surface area contributed by atoms with Gasteiger partial charge < -0.3 is 4.90 Å². The molecular weight excluding hydrogens is 330 g/mol. The molecule has 1 aliphatic carbocycles. The fourth-order valence-electron chi connectivity index (χ4n) is 2.26. The van der Waals surface area contributed by atoms with Crippen LogP contribution in [0.1, 0.15) is 30.7 Å². The van der Waals surface area contributed by atoms with E-state index in [1.165, 1.54) is 16.6 Å². The summed E-state index contributed by atoms with van der Waals surface area (Å²) >= 11 is 3.08. The number of rotatable bonds is 8. The molecule has 0 radical (unpaired) electrons. The van der Waals surface area contributed by atoms with Gasteiger partial charge in [-0.25, -0.2) is 4.68 Å². The first-order valence-electron chi connectivity index (χ1n) is 7.55. The summed E-state index contributed by atoms with van der Waals surface area (Å²) in [5, 5.41) is 14.3. The lowest BCUT2D eigenvalue weighted by molar-refractivity contribution is -0.130. The van der Waals surface area contributed by atoms with E-state index in [1.807, 2.05) is 34.0 Å². The Labute approximate surface area is 143 Å². The number of carbonyl (C=O) groups is 1. The zero-order valence-electron chi connectivity index (χ0n) is 13.0. The number of amides is 1. The quantitative estimate of drug-likeness (QED) is 0.542. The van der Waals surface area contributed by atoms with E-state index in [9.17, 15) is 4.79 Å². The third-order valence-electron chi connectivity index (χ3n) is 3.57. The Morgan fingerprint density at radius 2 is 2.48 bits per heavy atom. The van der Waals surface area contributed by atoms with Gasteiger partial charge in [0.25, 0.3) is 0 Å². The highest BCUT2D eigenvalue weighted by Crippen LogP contribution is 2.37. The zero-order valence-corrected chi connectivity index (χ0v) is 14.6. The standard InChI is InChI=1S/C15H19N5OS2/c1-3-8-19(10-13-5-4-9-22-13)14(21)11(2)23-15-16-17-18-20(15)12-6-7-12/h3-5,9,11-12H,1,6-8,10H2,2H3. The molecule has 2 aromatic rings. The minimum absolute atomic E-state index is 0.0775. The van der Waals surface area contributed by atoms with Gasteiger partial charge in [-0.2, -0.15) is 0 Å².